The minimum atomic E-state index is -0.642. The molecular weight excluding hydrogens is 473 g/mol. The van der Waals surface area contributed by atoms with E-state index in [4.69, 9.17) is 9.47 Å². The molecule has 1 N–H and O–H groups in total. The van der Waals surface area contributed by atoms with Gasteiger partial charge in [-0.1, -0.05) is 44.2 Å². The highest BCUT2D eigenvalue weighted by Gasteiger charge is 2.25. The van der Waals surface area contributed by atoms with Crippen LogP contribution in [0.3, 0.4) is 0 Å². The van der Waals surface area contributed by atoms with Crippen molar-refractivity contribution >= 4 is 40.3 Å². The largest absolute Gasteiger partial charge is 0.451 e. The average molecular weight is 495 g/mol. The van der Waals surface area contributed by atoms with Crippen LogP contribution in [0.2, 0.25) is 0 Å². The number of benzene rings is 2. The summed E-state index contributed by atoms with van der Waals surface area (Å²) in [7, 11) is 0. The molecule has 28 heavy (non-hydrogen) atoms. The molecule has 0 aliphatic heterocycles. The molecule has 0 amide bonds. The molecule has 148 valence electrons. The summed E-state index contributed by atoms with van der Waals surface area (Å²) in [5.41, 5.74) is 0.961. The molecule has 7 heteroatoms. The van der Waals surface area contributed by atoms with Gasteiger partial charge in [-0.25, -0.2) is 9.59 Å². The first kappa shape index (κ1) is 22.0. The van der Waals surface area contributed by atoms with E-state index in [-0.39, 0.29) is 22.9 Å². The summed E-state index contributed by atoms with van der Waals surface area (Å²) in [6, 6.07) is 14.4. The summed E-state index contributed by atoms with van der Waals surface area (Å²) in [5.74, 6) is -0.782. The molecule has 1 unspecified atom stereocenters. The number of carbonyl (C=O) groups is 3. The summed E-state index contributed by atoms with van der Waals surface area (Å²) in [4.78, 5) is 36.4. The second kappa shape index (κ2) is 10.9. The van der Waals surface area contributed by atoms with Crippen LogP contribution in [-0.2, 0) is 9.53 Å². The predicted octanol–water partition coefficient (Wildman–Crippen LogP) is 3.64. The predicted molar refractivity (Wildman–Crippen MR) is 114 cm³/mol. The van der Waals surface area contributed by atoms with Gasteiger partial charge in [-0.2, -0.15) is 0 Å². The molecule has 0 aliphatic rings. The monoisotopic (exact) mass is 495 g/mol. The first-order valence-electron chi connectivity index (χ1n) is 8.79. The molecule has 0 heterocycles. The quantitative estimate of drug-likeness (QED) is 0.188. The summed E-state index contributed by atoms with van der Waals surface area (Å²) < 4.78 is 10.6. The van der Waals surface area contributed by atoms with Crippen molar-refractivity contribution in [1.29, 1.82) is 0 Å². The Hall–Kier alpha value is -2.26. The van der Waals surface area contributed by atoms with Crippen molar-refractivity contribution in [2.75, 3.05) is 11.2 Å². The van der Waals surface area contributed by atoms with Crippen LogP contribution < -0.4 is 10.1 Å². The Morgan fingerprint density at radius 1 is 0.964 bits per heavy atom. The molecule has 0 radical (unpaired) electrons. The SMILES string of the molecule is CC(C)C(NCC(=O)c1ccccc1)C(=O)Oc1ccc(C(=O)OCI)cc1. The van der Waals surface area contributed by atoms with Gasteiger partial charge in [-0.3, -0.25) is 10.1 Å². The third kappa shape index (κ3) is 6.42. The number of hydrogen-bond donors (Lipinski definition) is 1. The van der Waals surface area contributed by atoms with Crippen LogP contribution >= 0.6 is 22.6 Å². The van der Waals surface area contributed by atoms with Gasteiger partial charge >= 0.3 is 11.9 Å². The van der Waals surface area contributed by atoms with Crippen molar-refractivity contribution in [1.82, 2.24) is 5.32 Å². The molecule has 0 aromatic heterocycles. The van der Waals surface area contributed by atoms with Crippen LogP contribution in [0, 0.1) is 5.92 Å². The third-order valence-corrected chi connectivity index (χ3v) is 4.30. The second-order valence-corrected chi connectivity index (χ2v) is 7.00. The number of halogens is 1. The van der Waals surface area contributed by atoms with E-state index in [0.29, 0.717) is 16.9 Å². The van der Waals surface area contributed by atoms with Gasteiger partial charge in [0.1, 0.15) is 16.4 Å². The number of Topliss-reactive ketones (excluding diaryl/α,β-unsaturated/α-hetero) is 1. The first-order chi connectivity index (χ1) is 13.4. The van der Waals surface area contributed by atoms with Crippen LogP contribution in [0.15, 0.2) is 54.6 Å². The lowest BCUT2D eigenvalue weighted by Crippen LogP contribution is -2.45. The van der Waals surface area contributed by atoms with E-state index >= 15 is 0 Å². The number of ether oxygens (including phenoxy) is 2. The Morgan fingerprint density at radius 2 is 1.61 bits per heavy atom. The van der Waals surface area contributed by atoms with Gasteiger partial charge in [-0.15, -0.1) is 0 Å². The zero-order chi connectivity index (χ0) is 20.5. The Morgan fingerprint density at radius 3 is 2.18 bits per heavy atom. The van der Waals surface area contributed by atoms with Crippen LogP contribution in [0.4, 0.5) is 0 Å². The molecule has 1 atom stereocenters. The van der Waals surface area contributed by atoms with Gasteiger partial charge < -0.3 is 9.47 Å². The Bertz CT molecular complexity index is 805. The molecule has 0 bridgehead atoms. The number of ketones is 1. The van der Waals surface area contributed by atoms with Crippen molar-refractivity contribution in [3.8, 4) is 5.75 Å². The number of nitrogens with one attached hydrogen (secondary N) is 1. The molecule has 6 nitrogen and oxygen atoms in total. The zero-order valence-corrected chi connectivity index (χ0v) is 17.8. The molecule has 0 saturated heterocycles. The van der Waals surface area contributed by atoms with E-state index in [9.17, 15) is 14.4 Å². The van der Waals surface area contributed by atoms with E-state index in [1.54, 1.807) is 24.3 Å². The maximum absolute atomic E-state index is 12.5. The van der Waals surface area contributed by atoms with Gasteiger partial charge in [0.05, 0.1) is 12.1 Å². The van der Waals surface area contributed by atoms with Crippen molar-refractivity contribution in [3.63, 3.8) is 0 Å². The summed E-state index contributed by atoms with van der Waals surface area (Å²) in [5, 5.41) is 2.98. The van der Waals surface area contributed by atoms with Gasteiger partial charge in [0, 0.05) is 5.56 Å². The molecule has 0 spiro atoms. The van der Waals surface area contributed by atoms with Gasteiger partial charge in [0.2, 0.25) is 0 Å². The molecule has 0 fully saturated rings. The first-order valence-corrected chi connectivity index (χ1v) is 10.3. The fourth-order valence-corrected chi connectivity index (χ4v) is 2.77. The van der Waals surface area contributed by atoms with Gasteiger partial charge in [-0.05, 0) is 52.8 Å². The number of hydrogen-bond acceptors (Lipinski definition) is 6. The van der Waals surface area contributed by atoms with Gasteiger partial charge in [0.15, 0.2) is 5.78 Å². The number of carbonyl (C=O) groups excluding carboxylic acids is 3. The van der Waals surface area contributed by atoms with Crippen LogP contribution in [0.5, 0.6) is 5.75 Å². The standard InChI is InChI=1S/C21H22INO5/c1-14(2)19(23-12-18(24)15-6-4-3-5-7-15)21(26)28-17-10-8-16(9-11-17)20(25)27-13-22/h3-11,14,19,23H,12-13H2,1-2H3. The van der Waals surface area contributed by atoms with Crippen molar-refractivity contribution in [2.45, 2.75) is 19.9 Å². The maximum atomic E-state index is 12.5. The molecule has 2 aromatic rings. The molecule has 0 saturated carbocycles. The maximum Gasteiger partial charge on any atom is 0.338 e. The Kier molecular flexibility index (Phi) is 8.59. The third-order valence-electron chi connectivity index (χ3n) is 3.99. The van der Waals surface area contributed by atoms with Crippen molar-refractivity contribution in [3.05, 3.63) is 65.7 Å². The summed E-state index contributed by atoms with van der Waals surface area (Å²) in [6.45, 7) is 3.77. The molecule has 2 rings (SSSR count). The second-order valence-electron chi connectivity index (χ2n) is 6.38. The number of alkyl halides is 1. The van der Waals surface area contributed by atoms with E-state index in [1.807, 2.05) is 42.5 Å². The van der Waals surface area contributed by atoms with E-state index in [0.717, 1.165) is 0 Å². The minimum Gasteiger partial charge on any atom is -0.451 e. The molecule has 2 aromatic carbocycles. The highest BCUT2D eigenvalue weighted by Crippen LogP contribution is 2.15. The smallest absolute Gasteiger partial charge is 0.338 e. The van der Waals surface area contributed by atoms with Gasteiger partial charge in [0.25, 0.3) is 0 Å². The minimum absolute atomic E-state index is 0.0308. The topological polar surface area (TPSA) is 81.7 Å². The normalized spacial score (nSPS) is 11.7. The summed E-state index contributed by atoms with van der Waals surface area (Å²) >= 11 is 1.94. The lowest BCUT2D eigenvalue weighted by atomic mass is 10.0. The lowest BCUT2D eigenvalue weighted by molar-refractivity contribution is -0.137. The lowest BCUT2D eigenvalue weighted by Gasteiger charge is -2.20. The highest BCUT2D eigenvalue weighted by atomic mass is 127. The van der Waals surface area contributed by atoms with Crippen molar-refractivity contribution in [2.24, 2.45) is 5.92 Å². The summed E-state index contributed by atoms with van der Waals surface area (Å²) in [6.07, 6.45) is 0. The Labute approximate surface area is 177 Å². The van der Waals surface area contributed by atoms with E-state index in [1.165, 1.54) is 24.3 Å². The van der Waals surface area contributed by atoms with Crippen molar-refractivity contribution < 1.29 is 23.9 Å². The van der Waals surface area contributed by atoms with E-state index in [2.05, 4.69) is 5.32 Å². The zero-order valence-electron chi connectivity index (χ0n) is 15.7. The average Bonchev–Trinajstić information content (AvgIpc) is 2.69. The van der Waals surface area contributed by atoms with Crippen LogP contribution in [0.25, 0.3) is 0 Å². The fourth-order valence-electron chi connectivity index (χ4n) is 2.49. The number of esters is 2. The number of rotatable bonds is 9. The van der Waals surface area contributed by atoms with Crippen LogP contribution in [-0.4, -0.2) is 34.9 Å². The molecular formula is C21H22INO5. The Balaban J connectivity index is 1.97. The van der Waals surface area contributed by atoms with E-state index < -0.39 is 18.0 Å². The fraction of sp³-hybridized carbons (Fsp3) is 0.286. The van der Waals surface area contributed by atoms with Crippen LogP contribution in [0.1, 0.15) is 34.6 Å². The highest BCUT2D eigenvalue weighted by molar-refractivity contribution is 14.1. The molecule has 0 aliphatic carbocycles.